The largest absolute Gasteiger partial charge is 1.00 e. The van der Waals surface area contributed by atoms with Crippen molar-refractivity contribution in [1.82, 2.24) is 0 Å². The Bertz CT molecular complexity index is 462. The maximum absolute atomic E-state index is 12.4. The molecule has 0 radical (unpaired) electrons. The summed E-state index contributed by atoms with van der Waals surface area (Å²) in [5.74, 6) is 0. The van der Waals surface area contributed by atoms with Crippen molar-refractivity contribution in [2.24, 2.45) is 0 Å². The topological polar surface area (TPSA) is 58.7 Å². The number of benzene rings is 1. The van der Waals surface area contributed by atoms with Crippen LogP contribution in [0, 0.1) is 0 Å². The second-order valence-corrected chi connectivity index (χ2v) is 4.92. The summed E-state index contributed by atoms with van der Waals surface area (Å²) in [4.78, 5) is 0.908. The molecule has 1 aromatic rings. The third-order valence-corrected chi connectivity index (χ3v) is 2.60. The Kier molecular flexibility index (Phi) is 9.68. The molecular weight excluding hydrogens is 379 g/mol. The predicted octanol–water partition coefficient (Wildman–Crippen LogP) is 3.05. The van der Waals surface area contributed by atoms with Gasteiger partial charge >= 0.3 is 41.9 Å². The molecule has 0 bridgehead atoms. The molecule has 0 amide bonds. The molecule has 11 heteroatoms. The van der Waals surface area contributed by atoms with Gasteiger partial charge in [0, 0.05) is 4.83 Å². The van der Waals surface area contributed by atoms with Crippen molar-refractivity contribution < 1.29 is 55.9 Å². The van der Waals surface area contributed by atoms with Crippen LogP contribution >= 0.6 is 15.9 Å². The molecule has 0 fully saturated rings. The Morgan fingerprint density at radius 2 is 1.24 bits per heavy atom. The van der Waals surface area contributed by atoms with Crippen LogP contribution in [0.15, 0.2) is 18.2 Å². The molecule has 0 saturated heterocycles. The summed E-state index contributed by atoms with van der Waals surface area (Å²) in [5, 5.41) is 0. The average Bonchev–Trinajstić information content (AvgIpc) is 2.27. The van der Waals surface area contributed by atoms with E-state index >= 15 is 0 Å². The van der Waals surface area contributed by atoms with Crippen LogP contribution in [0.2, 0.25) is 0 Å². The quantitative estimate of drug-likeness (QED) is 0.178. The van der Waals surface area contributed by atoms with Crippen LogP contribution < -0.4 is 29.6 Å². The molecule has 0 N–H and O–H groups in total. The Balaban J connectivity index is 0. The molecule has 0 saturated carbocycles. The molecule has 1 rings (SSSR count). The van der Waals surface area contributed by atoms with Crippen molar-refractivity contribution >= 4 is 15.9 Å². The summed E-state index contributed by atoms with van der Waals surface area (Å²) in [6.45, 7) is 1.45. The first kappa shape index (κ1) is 22.9. The van der Waals surface area contributed by atoms with Crippen LogP contribution in [0.4, 0.5) is 26.3 Å². The molecule has 1 atom stereocenters. The minimum atomic E-state index is -4.79. The molecule has 1 aromatic carbocycles. The third-order valence-electron chi connectivity index (χ3n) is 2.07. The first-order valence-electron chi connectivity index (χ1n) is 4.85. The zero-order chi connectivity index (χ0) is 16.1. The SMILES string of the molecule is C[C@@H](Br)c1cc(C(F)(F)F)cc(C(F)(F)F)c1.[N-]=[N+]=[N-].[Na+]. The van der Waals surface area contributed by atoms with Gasteiger partial charge in [-0.05, 0) is 30.7 Å². The van der Waals surface area contributed by atoms with Crippen LogP contribution in [0.1, 0.15) is 28.4 Å². The standard InChI is InChI=1S/C10H7BrF6.N3.Na/c1-5(11)6-2-7(9(12,13)14)4-8(3-6)10(15,16)17;1-3-2;/h2-5H,1H3;;/q;-1;+1/t5-;;/m1../s1. The van der Waals surface area contributed by atoms with Crippen LogP contribution in [0.3, 0.4) is 0 Å². The monoisotopic (exact) mass is 385 g/mol. The van der Waals surface area contributed by atoms with Crippen molar-refractivity contribution in [3.05, 3.63) is 50.9 Å². The van der Waals surface area contributed by atoms with Gasteiger partial charge in [-0.1, -0.05) is 15.9 Å². The summed E-state index contributed by atoms with van der Waals surface area (Å²) in [6.07, 6.45) is -9.59. The van der Waals surface area contributed by atoms with E-state index < -0.39 is 28.3 Å². The molecule has 0 aliphatic rings. The number of hydrogen-bond donors (Lipinski definition) is 0. The third kappa shape index (κ3) is 7.96. The van der Waals surface area contributed by atoms with E-state index in [0.29, 0.717) is 12.1 Å². The van der Waals surface area contributed by atoms with Crippen molar-refractivity contribution in [1.29, 1.82) is 0 Å². The van der Waals surface area contributed by atoms with E-state index in [9.17, 15) is 26.3 Å². The first-order chi connectivity index (χ1) is 8.93. The predicted molar refractivity (Wildman–Crippen MR) is 63.9 cm³/mol. The van der Waals surface area contributed by atoms with Gasteiger partial charge in [0.2, 0.25) is 0 Å². The van der Waals surface area contributed by atoms with Crippen LogP contribution in [-0.4, -0.2) is 0 Å². The summed E-state index contributed by atoms with van der Waals surface area (Å²) >= 11 is 2.95. The Morgan fingerprint density at radius 1 is 0.952 bits per heavy atom. The summed E-state index contributed by atoms with van der Waals surface area (Å²) in [6, 6.07) is 1.52. The van der Waals surface area contributed by atoms with Gasteiger partial charge in [0.05, 0.1) is 11.1 Å². The number of alkyl halides is 7. The van der Waals surface area contributed by atoms with Crippen molar-refractivity contribution in [2.45, 2.75) is 24.1 Å². The van der Waals surface area contributed by atoms with Gasteiger partial charge in [-0.2, -0.15) is 26.3 Å². The fraction of sp³-hybridized carbons (Fsp3) is 0.400. The minimum Gasteiger partial charge on any atom is -0.373 e. The molecule has 3 nitrogen and oxygen atoms in total. The molecular formula is C10H7BrF6N3Na. The molecule has 0 heterocycles. The normalized spacial score (nSPS) is 12.4. The zero-order valence-electron chi connectivity index (χ0n) is 10.8. The molecule has 112 valence electrons. The maximum atomic E-state index is 12.4. The fourth-order valence-electron chi connectivity index (χ4n) is 1.21. The van der Waals surface area contributed by atoms with Gasteiger partial charge in [-0.15, -0.1) is 0 Å². The zero-order valence-corrected chi connectivity index (χ0v) is 14.4. The average molecular weight is 386 g/mol. The van der Waals surface area contributed by atoms with Crippen molar-refractivity contribution in [3.8, 4) is 0 Å². The van der Waals surface area contributed by atoms with Gasteiger partial charge in [0.25, 0.3) is 0 Å². The summed E-state index contributed by atoms with van der Waals surface area (Å²) in [7, 11) is 0. The van der Waals surface area contributed by atoms with E-state index in [0.717, 1.165) is 0 Å². The van der Waals surface area contributed by atoms with Gasteiger partial charge < -0.3 is 11.1 Å². The second kappa shape index (κ2) is 8.89. The van der Waals surface area contributed by atoms with Gasteiger partial charge in [0.15, 0.2) is 0 Å². The second-order valence-electron chi connectivity index (χ2n) is 3.54. The molecule has 0 spiro atoms. The van der Waals surface area contributed by atoms with E-state index in [2.05, 4.69) is 15.9 Å². The summed E-state index contributed by atoms with van der Waals surface area (Å²) in [5.41, 5.74) is 10.8. The van der Waals surface area contributed by atoms with Crippen LogP contribution in [0.5, 0.6) is 0 Å². The van der Waals surface area contributed by atoms with Crippen LogP contribution in [0.25, 0.3) is 16.0 Å². The van der Waals surface area contributed by atoms with E-state index in [1.165, 1.54) is 11.8 Å². The minimum absolute atomic E-state index is 0. The number of nitrogens with zero attached hydrogens (tertiary/aromatic N) is 3. The molecule has 0 unspecified atom stereocenters. The van der Waals surface area contributed by atoms with Crippen LogP contribution in [-0.2, 0) is 12.4 Å². The van der Waals surface area contributed by atoms with Gasteiger partial charge in [-0.25, -0.2) is 0 Å². The summed E-state index contributed by atoms with van der Waals surface area (Å²) < 4.78 is 74.5. The smallest absolute Gasteiger partial charge is 0.373 e. The van der Waals surface area contributed by atoms with E-state index in [4.69, 9.17) is 11.1 Å². The maximum Gasteiger partial charge on any atom is 1.00 e. The van der Waals surface area contributed by atoms with Gasteiger partial charge in [-0.3, -0.25) is 4.91 Å². The fourth-order valence-corrected chi connectivity index (χ4v) is 1.47. The van der Waals surface area contributed by atoms with E-state index in [1.54, 1.807) is 0 Å². The molecule has 0 aromatic heterocycles. The molecule has 0 aliphatic carbocycles. The van der Waals surface area contributed by atoms with Crippen molar-refractivity contribution in [3.63, 3.8) is 0 Å². The Labute approximate surface area is 146 Å². The van der Waals surface area contributed by atoms with E-state index in [-0.39, 0.29) is 41.2 Å². The number of rotatable bonds is 1. The first-order valence-corrected chi connectivity index (χ1v) is 5.77. The Morgan fingerprint density at radius 3 is 1.43 bits per heavy atom. The van der Waals surface area contributed by atoms with Crippen molar-refractivity contribution in [2.75, 3.05) is 0 Å². The van der Waals surface area contributed by atoms with E-state index in [1.807, 2.05) is 0 Å². The number of hydrogen-bond acceptors (Lipinski definition) is 0. The number of halogens is 7. The molecule has 0 aliphatic heterocycles. The molecule has 21 heavy (non-hydrogen) atoms. The Hall–Kier alpha value is -0.410. The van der Waals surface area contributed by atoms with Gasteiger partial charge in [0.1, 0.15) is 0 Å².